The Kier molecular flexibility index (Phi) is 4.94. The van der Waals surface area contributed by atoms with Gasteiger partial charge in [0.2, 0.25) is 0 Å². The van der Waals surface area contributed by atoms with Crippen LogP contribution >= 0.6 is 0 Å². The molecule has 0 amide bonds. The molecule has 0 aliphatic carbocycles. The minimum absolute atomic E-state index is 0.730. The number of ether oxygens (including phenoxy) is 1. The molecule has 0 N–H and O–H groups in total. The number of aliphatic imine (C=N–C) groups is 1. The largest absolute Gasteiger partial charge is 0.493 e. The fourth-order valence-electron chi connectivity index (χ4n) is 1.93. The van der Waals surface area contributed by atoms with Crippen molar-refractivity contribution in [2.75, 3.05) is 6.61 Å². The van der Waals surface area contributed by atoms with Gasteiger partial charge in [-0.3, -0.25) is 4.99 Å². The predicted molar refractivity (Wildman–Crippen MR) is 85.4 cm³/mol. The first-order valence-corrected chi connectivity index (χ1v) is 7.04. The number of hydrogen-bond acceptors (Lipinski definition) is 2. The molecule has 0 fully saturated rings. The van der Waals surface area contributed by atoms with Crippen LogP contribution in [0.15, 0.2) is 47.5 Å². The Labute approximate surface area is 121 Å². The van der Waals surface area contributed by atoms with E-state index in [2.05, 4.69) is 44.0 Å². The van der Waals surface area contributed by atoms with Crippen molar-refractivity contribution in [3.05, 3.63) is 59.2 Å². The maximum absolute atomic E-state index is 5.74. The van der Waals surface area contributed by atoms with Crippen LogP contribution < -0.4 is 4.74 Å². The van der Waals surface area contributed by atoms with Crippen LogP contribution in [-0.2, 0) is 0 Å². The molecule has 2 rings (SSSR count). The maximum atomic E-state index is 5.74. The van der Waals surface area contributed by atoms with E-state index in [1.165, 1.54) is 11.1 Å². The van der Waals surface area contributed by atoms with Gasteiger partial charge in [0.1, 0.15) is 5.75 Å². The van der Waals surface area contributed by atoms with Gasteiger partial charge >= 0.3 is 0 Å². The molecule has 0 spiro atoms. The lowest BCUT2D eigenvalue weighted by Crippen LogP contribution is -1.98. The second kappa shape index (κ2) is 6.90. The van der Waals surface area contributed by atoms with Crippen molar-refractivity contribution in [3.63, 3.8) is 0 Å². The van der Waals surface area contributed by atoms with E-state index >= 15 is 0 Å². The Balaban J connectivity index is 2.24. The van der Waals surface area contributed by atoms with Crippen LogP contribution in [-0.4, -0.2) is 12.8 Å². The molecule has 0 radical (unpaired) electrons. The number of benzene rings is 2. The minimum Gasteiger partial charge on any atom is -0.493 e. The lowest BCUT2D eigenvalue weighted by molar-refractivity contribution is 0.317. The maximum Gasteiger partial charge on any atom is 0.128 e. The quantitative estimate of drug-likeness (QED) is 0.710. The summed E-state index contributed by atoms with van der Waals surface area (Å²) in [5.74, 6) is 0.892. The number of rotatable bonds is 5. The Morgan fingerprint density at radius 3 is 2.70 bits per heavy atom. The molecule has 0 atom stereocenters. The first-order chi connectivity index (χ1) is 9.70. The summed E-state index contributed by atoms with van der Waals surface area (Å²) in [6.07, 6.45) is 2.88. The van der Waals surface area contributed by atoms with Crippen molar-refractivity contribution < 1.29 is 4.74 Å². The molecular weight excluding hydrogens is 246 g/mol. The Morgan fingerprint density at radius 2 is 1.90 bits per heavy atom. The van der Waals surface area contributed by atoms with Gasteiger partial charge in [0.05, 0.1) is 12.3 Å². The second-order valence-electron chi connectivity index (χ2n) is 4.93. The zero-order chi connectivity index (χ0) is 14.4. The highest BCUT2D eigenvalue weighted by molar-refractivity contribution is 5.85. The lowest BCUT2D eigenvalue weighted by atomic mass is 10.1. The van der Waals surface area contributed by atoms with Crippen molar-refractivity contribution in [2.45, 2.75) is 27.2 Å². The normalized spacial score (nSPS) is 10.9. The molecule has 0 saturated heterocycles. The van der Waals surface area contributed by atoms with Crippen LogP contribution in [0.25, 0.3) is 0 Å². The van der Waals surface area contributed by atoms with E-state index in [4.69, 9.17) is 4.74 Å². The van der Waals surface area contributed by atoms with Gasteiger partial charge in [0.15, 0.2) is 0 Å². The van der Waals surface area contributed by atoms with E-state index in [9.17, 15) is 0 Å². The molecule has 2 aromatic carbocycles. The molecule has 2 heteroatoms. The molecular formula is C18H21NO. The van der Waals surface area contributed by atoms with Gasteiger partial charge in [-0.05, 0) is 49.6 Å². The first-order valence-electron chi connectivity index (χ1n) is 7.04. The summed E-state index contributed by atoms with van der Waals surface area (Å²) >= 11 is 0. The van der Waals surface area contributed by atoms with Gasteiger partial charge in [-0.2, -0.15) is 0 Å². The summed E-state index contributed by atoms with van der Waals surface area (Å²) in [5.41, 5.74) is 4.43. The van der Waals surface area contributed by atoms with Crippen molar-refractivity contribution in [3.8, 4) is 5.75 Å². The molecule has 20 heavy (non-hydrogen) atoms. The van der Waals surface area contributed by atoms with E-state index < -0.39 is 0 Å². The molecule has 0 unspecified atom stereocenters. The van der Waals surface area contributed by atoms with E-state index in [-0.39, 0.29) is 0 Å². The average Bonchev–Trinajstić information content (AvgIpc) is 2.47. The monoisotopic (exact) mass is 267 g/mol. The van der Waals surface area contributed by atoms with Crippen molar-refractivity contribution >= 4 is 11.9 Å². The Morgan fingerprint density at radius 1 is 1.10 bits per heavy atom. The zero-order valence-corrected chi connectivity index (χ0v) is 12.4. The van der Waals surface area contributed by atoms with Crippen molar-refractivity contribution in [1.29, 1.82) is 0 Å². The summed E-state index contributed by atoms with van der Waals surface area (Å²) < 4.78 is 5.74. The third kappa shape index (κ3) is 3.70. The van der Waals surface area contributed by atoms with Crippen molar-refractivity contribution in [1.82, 2.24) is 0 Å². The smallest absolute Gasteiger partial charge is 0.128 e. The topological polar surface area (TPSA) is 21.6 Å². The molecule has 0 aromatic heterocycles. The van der Waals surface area contributed by atoms with E-state index in [0.29, 0.717) is 0 Å². The van der Waals surface area contributed by atoms with Crippen LogP contribution in [0.5, 0.6) is 5.75 Å². The highest BCUT2D eigenvalue weighted by Gasteiger charge is 2.01. The van der Waals surface area contributed by atoms with E-state index in [1.807, 2.05) is 30.5 Å². The Bertz CT molecular complexity index is 602. The summed E-state index contributed by atoms with van der Waals surface area (Å²) in [6, 6.07) is 14.3. The lowest BCUT2D eigenvalue weighted by Gasteiger charge is -2.07. The van der Waals surface area contributed by atoms with Crippen molar-refractivity contribution in [2.24, 2.45) is 4.99 Å². The highest BCUT2D eigenvalue weighted by atomic mass is 16.5. The minimum atomic E-state index is 0.730. The Hall–Kier alpha value is -2.09. The fraction of sp³-hybridized carbons (Fsp3) is 0.278. The number of aryl methyl sites for hydroxylation is 2. The highest BCUT2D eigenvalue weighted by Crippen LogP contribution is 2.21. The first kappa shape index (κ1) is 14.3. The van der Waals surface area contributed by atoms with Crippen LogP contribution in [0.4, 0.5) is 5.69 Å². The summed E-state index contributed by atoms with van der Waals surface area (Å²) in [4.78, 5) is 4.60. The van der Waals surface area contributed by atoms with Crippen LogP contribution in [0.1, 0.15) is 30.0 Å². The van der Waals surface area contributed by atoms with Gasteiger partial charge in [0.25, 0.3) is 0 Å². The molecule has 0 saturated carbocycles. The average molecular weight is 267 g/mol. The summed E-state index contributed by atoms with van der Waals surface area (Å²) in [7, 11) is 0. The van der Waals surface area contributed by atoms with Gasteiger partial charge in [0, 0.05) is 11.8 Å². The number of hydrogen-bond donors (Lipinski definition) is 0. The standard InChI is InChI=1S/C18H21NO/c1-4-11-20-18-8-6-5-7-16(18)13-19-17-12-14(2)9-10-15(17)3/h5-10,12-13H,4,11H2,1-3H3. The summed E-state index contributed by atoms with van der Waals surface area (Å²) in [6.45, 7) is 6.99. The molecule has 2 nitrogen and oxygen atoms in total. The molecule has 2 aromatic rings. The fourth-order valence-corrected chi connectivity index (χ4v) is 1.93. The molecule has 0 aliphatic heterocycles. The van der Waals surface area contributed by atoms with Crippen LogP contribution in [0.2, 0.25) is 0 Å². The third-order valence-corrected chi connectivity index (χ3v) is 3.09. The van der Waals surface area contributed by atoms with Gasteiger partial charge < -0.3 is 4.74 Å². The van der Waals surface area contributed by atoms with Crippen LogP contribution in [0.3, 0.4) is 0 Å². The van der Waals surface area contributed by atoms with Crippen LogP contribution in [0, 0.1) is 13.8 Å². The summed E-state index contributed by atoms with van der Waals surface area (Å²) in [5, 5.41) is 0. The predicted octanol–water partition coefficient (Wildman–Crippen LogP) is 4.84. The molecule has 0 bridgehead atoms. The molecule has 104 valence electrons. The number of para-hydroxylation sites is 1. The van der Waals surface area contributed by atoms with E-state index in [1.54, 1.807) is 0 Å². The third-order valence-electron chi connectivity index (χ3n) is 3.09. The van der Waals surface area contributed by atoms with Gasteiger partial charge in [-0.25, -0.2) is 0 Å². The van der Waals surface area contributed by atoms with E-state index in [0.717, 1.165) is 30.0 Å². The molecule has 0 aliphatic rings. The zero-order valence-electron chi connectivity index (χ0n) is 12.4. The van der Waals surface area contributed by atoms with Gasteiger partial charge in [-0.15, -0.1) is 0 Å². The number of nitrogens with zero attached hydrogens (tertiary/aromatic N) is 1. The van der Waals surface area contributed by atoms with Gasteiger partial charge in [-0.1, -0.05) is 31.2 Å². The molecule has 0 heterocycles. The SMILES string of the molecule is CCCOc1ccccc1C=Nc1cc(C)ccc1C. The second-order valence-corrected chi connectivity index (χ2v) is 4.93.